The number of hydrogen-bond donors (Lipinski definition) is 2. The Bertz CT molecular complexity index is 662. The number of H-pyrrole nitrogens is 1. The van der Waals surface area contributed by atoms with Crippen LogP contribution >= 0.6 is 0 Å². The summed E-state index contributed by atoms with van der Waals surface area (Å²) in [5.74, 6) is 0.305. The maximum absolute atomic E-state index is 11.5. The van der Waals surface area contributed by atoms with Crippen molar-refractivity contribution in [3.63, 3.8) is 0 Å². The Labute approximate surface area is 111 Å². The molecule has 0 radical (unpaired) electrons. The highest BCUT2D eigenvalue weighted by molar-refractivity contribution is 5.48. The first kappa shape index (κ1) is 11.4. The molecule has 0 amide bonds. The standard InChI is InChI=1S/C15H18N2O2/c1-3-9-8-6-11-10(4-5-12(18)17-11)15(9,16)7-14(2)13(8)19-14/h3-5,8,13H,6-7,16H2,1-2H3,(H,17,18)/b9-3+/t8?,13?,14-,15?/m0/s1. The van der Waals surface area contributed by atoms with E-state index < -0.39 is 5.54 Å². The van der Waals surface area contributed by atoms with E-state index in [1.54, 1.807) is 6.07 Å². The first-order valence-corrected chi connectivity index (χ1v) is 6.84. The highest BCUT2D eigenvalue weighted by Gasteiger charge is 2.67. The SMILES string of the molecule is C/C=C1\C2Cc3[nH]c(=O)ccc3C1(N)C[C@]1(C)OC21. The van der Waals surface area contributed by atoms with Gasteiger partial charge in [-0.1, -0.05) is 6.08 Å². The smallest absolute Gasteiger partial charge is 0.248 e. The number of nitrogens with one attached hydrogen (secondary N) is 1. The van der Waals surface area contributed by atoms with Crippen molar-refractivity contribution in [1.29, 1.82) is 0 Å². The van der Waals surface area contributed by atoms with Gasteiger partial charge in [0.1, 0.15) is 0 Å². The quantitative estimate of drug-likeness (QED) is 0.542. The fourth-order valence-corrected chi connectivity index (χ4v) is 4.31. The van der Waals surface area contributed by atoms with E-state index in [-0.39, 0.29) is 17.3 Å². The van der Waals surface area contributed by atoms with Gasteiger partial charge in [-0.15, -0.1) is 0 Å². The summed E-state index contributed by atoms with van der Waals surface area (Å²) in [5.41, 5.74) is 9.45. The molecule has 4 atom stereocenters. The van der Waals surface area contributed by atoms with Crippen LogP contribution in [0.5, 0.6) is 0 Å². The molecule has 2 fully saturated rings. The summed E-state index contributed by atoms with van der Waals surface area (Å²) in [6.07, 6.45) is 4.01. The van der Waals surface area contributed by atoms with Gasteiger partial charge in [0.15, 0.2) is 0 Å². The third kappa shape index (κ3) is 1.28. The number of allylic oxidation sites excluding steroid dienone is 1. The Kier molecular flexibility index (Phi) is 1.92. The molecule has 4 rings (SSSR count). The Morgan fingerprint density at radius 1 is 1.53 bits per heavy atom. The Morgan fingerprint density at radius 3 is 3.05 bits per heavy atom. The molecular formula is C15H18N2O2. The predicted octanol–water partition coefficient (Wildman–Crippen LogP) is 1.21. The van der Waals surface area contributed by atoms with E-state index in [9.17, 15) is 4.79 Å². The summed E-state index contributed by atoms with van der Waals surface area (Å²) < 4.78 is 5.93. The lowest BCUT2D eigenvalue weighted by atomic mass is 9.60. The van der Waals surface area contributed by atoms with Crippen LogP contribution in [0.2, 0.25) is 0 Å². The number of epoxide rings is 1. The van der Waals surface area contributed by atoms with Crippen LogP contribution in [0.1, 0.15) is 31.5 Å². The summed E-state index contributed by atoms with van der Waals surface area (Å²) in [5, 5.41) is 0. The number of aromatic nitrogens is 1. The van der Waals surface area contributed by atoms with Gasteiger partial charge in [-0.05, 0) is 37.5 Å². The number of fused-ring (bicyclic) bond motifs is 6. The van der Waals surface area contributed by atoms with E-state index in [0.29, 0.717) is 5.92 Å². The number of nitrogens with two attached hydrogens (primary N) is 1. The van der Waals surface area contributed by atoms with Crippen LogP contribution in [0.3, 0.4) is 0 Å². The van der Waals surface area contributed by atoms with Crippen molar-refractivity contribution in [2.24, 2.45) is 11.7 Å². The molecule has 4 nitrogen and oxygen atoms in total. The van der Waals surface area contributed by atoms with E-state index >= 15 is 0 Å². The molecule has 1 saturated heterocycles. The lowest BCUT2D eigenvalue weighted by Gasteiger charge is -2.46. The number of aromatic amines is 1. The van der Waals surface area contributed by atoms with E-state index in [4.69, 9.17) is 10.5 Å². The molecule has 3 unspecified atom stereocenters. The molecule has 3 N–H and O–H groups in total. The van der Waals surface area contributed by atoms with Crippen LogP contribution in [0.25, 0.3) is 0 Å². The first-order valence-electron chi connectivity index (χ1n) is 6.84. The van der Waals surface area contributed by atoms with Crippen molar-refractivity contribution in [1.82, 2.24) is 4.98 Å². The van der Waals surface area contributed by atoms with Crippen LogP contribution in [-0.2, 0) is 16.7 Å². The van der Waals surface area contributed by atoms with Gasteiger partial charge < -0.3 is 15.5 Å². The Morgan fingerprint density at radius 2 is 2.32 bits per heavy atom. The van der Waals surface area contributed by atoms with Crippen molar-refractivity contribution in [3.8, 4) is 0 Å². The molecule has 1 aromatic heterocycles. The van der Waals surface area contributed by atoms with Gasteiger partial charge in [0.25, 0.3) is 0 Å². The predicted molar refractivity (Wildman–Crippen MR) is 71.8 cm³/mol. The summed E-state index contributed by atoms with van der Waals surface area (Å²) in [7, 11) is 0. The third-order valence-corrected chi connectivity index (χ3v) is 5.07. The maximum Gasteiger partial charge on any atom is 0.248 e. The molecule has 1 aliphatic heterocycles. The van der Waals surface area contributed by atoms with Gasteiger partial charge in [-0.25, -0.2) is 0 Å². The van der Waals surface area contributed by atoms with Crippen molar-refractivity contribution in [2.75, 3.05) is 0 Å². The van der Waals surface area contributed by atoms with Crippen molar-refractivity contribution >= 4 is 0 Å². The summed E-state index contributed by atoms with van der Waals surface area (Å²) in [6.45, 7) is 4.20. The Hall–Kier alpha value is -1.39. The zero-order valence-electron chi connectivity index (χ0n) is 11.2. The van der Waals surface area contributed by atoms with E-state index in [2.05, 4.69) is 18.0 Å². The summed E-state index contributed by atoms with van der Waals surface area (Å²) in [6, 6.07) is 3.46. The maximum atomic E-state index is 11.5. The minimum atomic E-state index is -0.487. The summed E-state index contributed by atoms with van der Waals surface area (Å²) in [4.78, 5) is 14.5. The average Bonchev–Trinajstić information content (AvgIpc) is 2.99. The van der Waals surface area contributed by atoms with Crippen LogP contribution in [-0.4, -0.2) is 16.7 Å². The molecule has 0 aromatic carbocycles. The zero-order chi connectivity index (χ0) is 13.4. The van der Waals surface area contributed by atoms with E-state index in [0.717, 1.165) is 24.1 Å². The Balaban J connectivity index is 1.98. The molecule has 2 heterocycles. The second kappa shape index (κ2) is 3.19. The second-order valence-corrected chi connectivity index (χ2v) is 6.27. The number of rotatable bonds is 0. The van der Waals surface area contributed by atoms with Crippen LogP contribution in [0.4, 0.5) is 0 Å². The molecule has 1 saturated carbocycles. The lowest BCUT2D eigenvalue weighted by molar-refractivity contribution is 0.265. The summed E-state index contributed by atoms with van der Waals surface area (Å²) >= 11 is 0. The van der Waals surface area contributed by atoms with Gasteiger partial charge in [0, 0.05) is 24.1 Å². The topological polar surface area (TPSA) is 71.4 Å². The molecule has 0 spiro atoms. The van der Waals surface area contributed by atoms with Gasteiger partial charge in [-0.2, -0.15) is 0 Å². The monoisotopic (exact) mass is 258 g/mol. The average molecular weight is 258 g/mol. The van der Waals surface area contributed by atoms with Crippen LogP contribution in [0, 0.1) is 5.92 Å². The molecular weight excluding hydrogens is 240 g/mol. The van der Waals surface area contributed by atoms with Gasteiger partial charge in [0.05, 0.1) is 17.2 Å². The molecule has 1 aromatic rings. The van der Waals surface area contributed by atoms with Crippen molar-refractivity contribution in [3.05, 3.63) is 45.4 Å². The number of hydrogen-bond acceptors (Lipinski definition) is 3. The normalized spacial score (nSPS) is 44.7. The number of ether oxygens (including phenoxy) is 1. The first-order chi connectivity index (χ1) is 8.98. The minimum absolute atomic E-state index is 0.0520. The lowest BCUT2D eigenvalue weighted by Crippen LogP contribution is -2.53. The molecule has 4 heteroatoms. The second-order valence-electron chi connectivity index (χ2n) is 6.27. The van der Waals surface area contributed by atoms with Crippen LogP contribution < -0.4 is 11.3 Å². The van der Waals surface area contributed by atoms with Gasteiger partial charge in [-0.3, -0.25) is 4.79 Å². The molecule has 2 bridgehead atoms. The molecule has 19 heavy (non-hydrogen) atoms. The van der Waals surface area contributed by atoms with Crippen LogP contribution in [0.15, 0.2) is 28.6 Å². The highest BCUT2D eigenvalue weighted by atomic mass is 16.6. The van der Waals surface area contributed by atoms with Crippen molar-refractivity contribution < 1.29 is 4.74 Å². The molecule has 2 aliphatic carbocycles. The van der Waals surface area contributed by atoms with Gasteiger partial charge >= 0.3 is 0 Å². The fourth-order valence-electron chi connectivity index (χ4n) is 4.31. The molecule has 3 aliphatic rings. The third-order valence-electron chi connectivity index (χ3n) is 5.07. The van der Waals surface area contributed by atoms with Gasteiger partial charge in [0.2, 0.25) is 5.56 Å². The minimum Gasteiger partial charge on any atom is -0.366 e. The number of pyridine rings is 1. The van der Waals surface area contributed by atoms with E-state index in [1.165, 1.54) is 5.57 Å². The fraction of sp³-hybridized carbons (Fsp3) is 0.533. The van der Waals surface area contributed by atoms with Crippen molar-refractivity contribution in [2.45, 2.75) is 43.9 Å². The highest BCUT2D eigenvalue weighted by Crippen LogP contribution is 2.61. The zero-order valence-corrected chi connectivity index (χ0v) is 11.2. The molecule has 100 valence electrons. The van der Waals surface area contributed by atoms with E-state index in [1.807, 2.05) is 13.0 Å². The largest absolute Gasteiger partial charge is 0.366 e.